The number of nitrogens with one attached hydrogen (secondary N) is 2. The van der Waals surface area contributed by atoms with E-state index in [-0.39, 0.29) is 50.2 Å². The number of piperazine rings is 1. The highest BCUT2D eigenvalue weighted by Crippen LogP contribution is 2.43. The fourth-order valence-electron chi connectivity index (χ4n) is 4.32. The first-order valence-electron chi connectivity index (χ1n) is 12.7. The quantitative estimate of drug-likeness (QED) is 0.357. The predicted octanol–water partition coefficient (Wildman–Crippen LogP) is 0.792. The lowest BCUT2D eigenvalue weighted by atomic mass is 10.2. The molecule has 42 heavy (non-hydrogen) atoms. The van der Waals surface area contributed by atoms with Gasteiger partial charge in [-0.05, 0) is 51.2 Å². The number of alkyl halides is 3. The molecule has 0 bridgehead atoms. The molecule has 2 heterocycles. The SMILES string of the molecule is CN(C)CC1(S(=O)(=O)NC(=O)c2ccc(Nc3nc(OCC(F)(F)F)nc(N4CCN(S(C)(=O)=O)CC4)n3)cc2)CC1. The second kappa shape index (κ2) is 11.8. The number of rotatable bonds is 11. The number of carbonyl (C=O) groups excluding carboxylic acids is 1. The summed E-state index contributed by atoms with van der Waals surface area (Å²) in [6.07, 6.45) is -2.66. The molecule has 0 spiro atoms. The Kier molecular flexibility index (Phi) is 8.87. The van der Waals surface area contributed by atoms with E-state index in [0.29, 0.717) is 18.5 Å². The van der Waals surface area contributed by atoms with Crippen LogP contribution in [0.3, 0.4) is 0 Å². The van der Waals surface area contributed by atoms with E-state index in [1.54, 1.807) is 23.9 Å². The van der Waals surface area contributed by atoms with E-state index in [9.17, 15) is 34.8 Å². The number of amides is 1. The van der Waals surface area contributed by atoms with Gasteiger partial charge in [0, 0.05) is 44.0 Å². The second-order valence-electron chi connectivity index (χ2n) is 10.4. The van der Waals surface area contributed by atoms with Crippen LogP contribution in [0.4, 0.5) is 30.8 Å². The zero-order valence-corrected chi connectivity index (χ0v) is 24.7. The number of sulfonamides is 2. The summed E-state index contributed by atoms with van der Waals surface area (Å²) in [5.74, 6) is -0.988. The second-order valence-corrected chi connectivity index (χ2v) is 14.4. The molecule has 1 aromatic carbocycles. The molecule has 1 aromatic heterocycles. The highest BCUT2D eigenvalue weighted by Gasteiger charge is 2.55. The van der Waals surface area contributed by atoms with Gasteiger partial charge in [-0.2, -0.15) is 32.4 Å². The Balaban J connectivity index is 1.48. The molecule has 4 rings (SSSR count). The van der Waals surface area contributed by atoms with E-state index in [2.05, 4.69) is 25.0 Å². The van der Waals surface area contributed by atoms with Gasteiger partial charge in [-0.15, -0.1) is 0 Å². The van der Waals surface area contributed by atoms with Crippen LogP contribution in [0.1, 0.15) is 23.2 Å². The summed E-state index contributed by atoms with van der Waals surface area (Å²) in [5, 5.41) is 2.81. The molecule has 2 aromatic rings. The average Bonchev–Trinajstić information content (AvgIpc) is 3.67. The van der Waals surface area contributed by atoms with Crippen molar-refractivity contribution >= 4 is 43.5 Å². The highest BCUT2D eigenvalue weighted by atomic mass is 32.2. The van der Waals surface area contributed by atoms with Crippen LogP contribution in [0.5, 0.6) is 6.01 Å². The zero-order valence-electron chi connectivity index (χ0n) is 23.0. The molecule has 1 amide bonds. The van der Waals surface area contributed by atoms with E-state index in [4.69, 9.17) is 4.74 Å². The Bertz CT molecular complexity index is 1510. The molecule has 232 valence electrons. The standard InChI is InChI=1S/C23H31F3N8O6S2/c1-32(2)14-22(8-9-22)42(38,39)31-18(35)16-4-6-17(7-5-16)27-19-28-20(30-21(29-19)40-15-23(24,25)26)33-10-12-34(13-11-33)41(3,36)37/h4-7H,8-15H2,1-3H3,(H,31,35)(H,27,28,29,30). The van der Waals surface area contributed by atoms with Gasteiger partial charge < -0.3 is 19.9 Å². The van der Waals surface area contributed by atoms with Crippen molar-refractivity contribution in [3.63, 3.8) is 0 Å². The molecule has 1 aliphatic carbocycles. The van der Waals surface area contributed by atoms with Crippen LogP contribution in [0.15, 0.2) is 24.3 Å². The fraction of sp³-hybridized carbons (Fsp3) is 0.565. The Hall–Kier alpha value is -3.29. The van der Waals surface area contributed by atoms with Gasteiger partial charge in [0.1, 0.15) is 4.75 Å². The number of halogens is 3. The number of aromatic nitrogens is 3. The number of nitrogens with zero attached hydrogens (tertiary/aromatic N) is 6. The van der Waals surface area contributed by atoms with E-state index >= 15 is 0 Å². The summed E-state index contributed by atoms with van der Waals surface area (Å²) < 4.78 is 94.7. The van der Waals surface area contributed by atoms with Crippen LogP contribution < -0.4 is 19.7 Å². The highest BCUT2D eigenvalue weighted by molar-refractivity contribution is 7.91. The molecule has 2 N–H and O–H groups in total. The minimum atomic E-state index is -4.64. The summed E-state index contributed by atoms with van der Waals surface area (Å²) in [7, 11) is -3.83. The maximum absolute atomic E-state index is 12.8. The van der Waals surface area contributed by atoms with Crippen molar-refractivity contribution in [2.75, 3.05) is 69.9 Å². The first-order valence-corrected chi connectivity index (χ1v) is 16.0. The van der Waals surface area contributed by atoms with Crippen LogP contribution >= 0.6 is 0 Å². The largest absolute Gasteiger partial charge is 0.454 e. The van der Waals surface area contributed by atoms with Gasteiger partial charge in [-0.1, -0.05) is 0 Å². The Morgan fingerprint density at radius 3 is 2.17 bits per heavy atom. The summed E-state index contributed by atoms with van der Waals surface area (Å²) in [6.45, 7) is -0.743. The normalized spacial score (nSPS) is 17.6. The Labute approximate surface area is 241 Å². The van der Waals surface area contributed by atoms with Crippen LogP contribution in [0.2, 0.25) is 0 Å². The van der Waals surface area contributed by atoms with Crippen molar-refractivity contribution in [1.82, 2.24) is 28.9 Å². The third-order valence-corrected chi connectivity index (χ3v) is 10.0. The predicted molar refractivity (Wildman–Crippen MR) is 147 cm³/mol. The van der Waals surface area contributed by atoms with E-state index in [0.717, 1.165) is 6.26 Å². The molecule has 1 saturated heterocycles. The van der Waals surface area contributed by atoms with Crippen molar-refractivity contribution in [2.45, 2.75) is 23.8 Å². The number of carbonyl (C=O) groups is 1. The van der Waals surface area contributed by atoms with Crippen molar-refractivity contribution in [2.24, 2.45) is 0 Å². The maximum atomic E-state index is 12.8. The first kappa shape index (κ1) is 31.6. The topological polar surface area (TPSA) is 167 Å². The lowest BCUT2D eigenvalue weighted by Crippen LogP contribution is -2.48. The number of benzene rings is 1. The lowest BCUT2D eigenvalue weighted by molar-refractivity contribution is -0.154. The van der Waals surface area contributed by atoms with Crippen LogP contribution in [-0.2, 0) is 20.0 Å². The molecule has 14 nitrogen and oxygen atoms in total. The molecular weight excluding hydrogens is 605 g/mol. The van der Waals surface area contributed by atoms with Gasteiger partial charge in [0.05, 0.1) is 6.26 Å². The van der Waals surface area contributed by atoms with Crippen LogP contribution in [0, 0.1) is 0 Å². The number of anilines is 3. The molecule has 0 atom stereocenters. The molecule has 1 saturated carbocycles. The van der Waals surface area contributed by atoms with E-state index in [1.165, 1.54) is 28.6 Å². The summed E-state index contributed by atoms with van der Waals surface area (Å²) in [4.78, 5) is 28.1. The van der Waals surface area contributed by atoms with Gasteiger partial charge in [0.2, 0.25) is 31.9 Å². The molecule has 1 aliphatic heterocycles. The molecule has 0 unspecified atom stereocenters. The Morgan fingerprint density at radius 2 is 1.64 bits per heavy atom. The molecule has 0 radical (unpaired) electrons. The van der Waals surface area contributed by atoms with E-state index < -0.39 is 49.5 Å². The molecule has 19 heteroatoms. The average molecular weight is 637 g/mol. The van der Waals surface area contributed by atoms with Gasteiger partial charge in [0.15, 0.2) is 6.61 Å². The van der Waals surface area contributed by atoms with Crippen molar-refractivity contribution < 1.29 is 39.5 Å². The smallest absolute Gasteiger partial charge is 0.422 e. The fourth-order valence-corrected chi connectivity index (χ4v) is 6.80. The molecule has 2 fully saturated rings. The minimum absolute atomic E-state index is 0.0224. The van der Waals surface area contributed by atoms with Gasteiger partial charge in [-0.25, -0.2) is 21.6 Å². The zero-order chi connectivity index (χ0) is 30.9. The summed E-state index contributed by atoms with van der Waals surface area (Å²) >= 11 is 0. The lowest BCUT2D eigenvalue weighted by Gasteiger charge is -2.33. The summed E-state index contributed by atoms with van der Waals surface area (Å²) in [6, 6.07) is 5.02. The maximum Gasteiger partial charge on any atom is 0.422 e. The van der Waals surface area contributed by atoms with Gasteiger partial charge >= 0.3 is 12.2 Å². The number of ether oxygens (including phenoxy) is 1. The van der Waals surface area contributed by atoms with E-state index in [1.807, 2.05) is 0 Å². The van der Waals surface area contributed by atoms with Crippen LogP contribution in [0.25, 0.3) is 0 Å². The molecule has 2 aliphatic rings. The number of hydrogen-bond acceptors (Lipinski definition) is 12. The van der Waals surface area contributed by atoms with Crippen molar-refractivity contribution in [3.8, 4) is 6.01 Å². The van der Waals surface area contributed by atoms with Gasteiger partial charge in [-0.3, -0.25) is 4.79 Å². The third-order valence-electron chi connectivity index (χ3n) is 6.57. The third kappa shape index (κ3) is 7.96. The van der Waals surface area contributed by atoms with Crippen molar-refractivity contribution in [3.05, 3.63) is 29.8 Å². The number of hydrogen-bond donors (Lipinski definition) is 2. The van der Waals surface area contributed by atoms with Crippen molar-refractivity contribution in [1.29, 1.82) is 0 Å². The van der Waals surface area contributed by atoms with Gasteiger partial charge in [0.25, 0.3) is 5.91 Å². The summed E-state index contributed by atoms with van der Waals surface area (Å²) in [5.41, 5.74) is 0.403. The first-order chi connectivity index (χ1) is 19.5. The Morgan fingerprint density at radius 1 is 1.02 bits per heavy atom. The molecular formula is C23H31F3N8O6S2. The minimum Gasteiger partial charge on any atom is -0.454 e. The monoisotopic (exact) mass is 636 g/mol. The van der Waals surface area contributed by atoms with Crippen LogP contribution in [-0.4, -0.2) is 118 Å².